The van der Waals surface area contributed by atoms with Crippen LogP contribution in [0.4, 0.5) is 0 Å². The van der Waals surface area contributed by atoms with Gasteiger partial charge >= 0.3 is 0 Å². The smallest absolute Gasteiger partial charge is 0.251 e. The number of rotatable bonds is 5. The van der Waals surface area contributed by atoms with E-state index in [-0.39, 0.29) is 41.5 Å². The fraction of sp³-hybridized carbons (Fsp3) is 0.467. The second-order valence-corrected chi connectivity index (χ2v) is 9.62. The second-order valence-electron chi connectivity index (χ2n) is 9.62. The lowest BCUT2D eigenvalue weighted by atomic mass is 9.85. The molecule has 0 aromatic heterocycles. The summed E-state index contributed by atoms with van der Waals surface area (Å²) in [6.45, 7) is 3.11. The maximum atomic E-state index is 13.7. The molecule has 0 saturated carbocycles. The van der Waals surface area contributed by atoms with E-state index in [2.05, 4.69) is 10.6 Å². The number of methoxy groups -OCH3 is 2. The molecule has 1 aliphatic heterocycles. The predicted octanol–water partition coefficient (Wildman–Crippen LogP) is 3.28. The Morgan fingerprint density at radius 2 is 2.03 bits per heavy atom. The number of aliphatic hydroxyl groups excluding tert-OH is 1. The maximum absolute atomic E-state index is 13.7. The van der Waals surface area contributed by atoms with Gasteiger partial charge in [-0.2, -0.15) is 0 Å². The molecule has 207 valence electrons. The summed E-state index contributed by atoms with van der Waals surface area (Å²) in [4.78, 5) is 39.8. The van der Waals surface area contributed by atoms with Crippen LogP contribution in [0.3, 0.4) is 0 Å². The van der Waals surface area contributed by atoms with Crippen molar-refractivity contribution in [3.05, 3.63) is 77.5 Å². The molecule has 3 N–H and O–H groups in total. The van der Waals surface area contributed by atoms with Crippen LogP contribution < -0.4 is 10.6 Å². The van der Waals surface area contributed by atoms with Crippen molar-refractivity contribution in [1.29, 1.82) is 0 Å². The van der Waals surface area contributed by atoms with E-state index < -0.39 is 60.6 Å². The van der Waals surface area contributed by atoms with Gasteiger partial charge in [-0.15, -0.1) is 6.53 Å². The van der Waals surface area contributed by atoms with Gasteiger partial charge in [0.25, 0.3) is 5.91 Å². The van der Waals surface area contributed by atoms with Crippen molar-refractivity contribution in [3.8, 4) is 0 Å². The first-order chi connectivity index (χ1) is 20.0. The summed E-state index contributed by atoms with van der Waals surface area (Å²) in [6.07, 6.45) is 7.67. The summed E-state index contributed by atoms with van der Waals surface area (Å²) in [5.41, 5.74) is 0.205. The molecule has 38 heavy (non-hydrogen) atoms. The highest BCUT2D eigenvalue weighted by atomic mass is 16.5. The fourth-order valence-electron chi connectivity index (χ4n) is 4.39. The van der Waals surface area contributed by atoms with Crippen molar-refractivity contribution in [2.45, 2.75) is 58.8 Å². The highest BCUT2D eigenvalue weighted by molar-refractivity contribution is 6.23. The lowest BCUT2D eigenvalue weighted by molar-refractivity contribution is -0.120. The standard InChI is InChI=1S/C30H41N2O6/c1-8-12-31-27-23-15-19(3)16-26(38-7)28(34)21(5)13-18(2)14-22(37-6)11-9-10-20(4)30(36)32-24(29(23)35)17-25(27)33/h8-11,13-14,17,19,21-22,26,28,31,34H,1,12,15-16H2,2-7H3,(H,32,36)/b11-9+,18-13+,20-10+/t19-,21+,22-,26+,28-/m1/s1/i1D2,8D,12D2. The molecule has 2 bridgehead atoms. The fourth-order valence-corrected chi connectivity index (χ4v) is 4.39. The molecule has 0 aromatic carbocycles. The minimum Gasteiger partial charge on any atom is -0.390 e. The SMILES string of the molecule is [2H]C([2H])=C([2H])C([2H])([2H])NC1=C2C[C@@H](C)C[C@H](OC)[C@H](O)[C@@H](C)/C=C(\C)[CH][C@H](OC)/C=C/C=C(\C)C(=O)NC(=CC1=O)C2=O. The van der Waals surface area contributed by atoms with Crippen molar-refractivity contribution >= 4 is 17.5 Å². The molecule has 8 heteroatoms. The first-order valence-corrected chi connectivity index (χ1v) is 12.4. The number of aliphatic hydroxyl groups is 1. The van der Waals surface area contributed by atoms with Gasteiger partial charge < -0.3 is 25.2 Å². The van der Waals surface area contributed by atoms with Crippen molar-refractivity contribution in [2.75, 3.05) is 20.7 Å². The normalized spacial score (nSPS) is 34.1. The zero-order valence-corrected chi connectivity index (χ0v) is 22.8. The Bertz CT molecular complexity index is 1280. The molecule has 2 rings (SSSR count). The van der Waals surface area contributed by atoms with Crippen molar-refractivity contribution in [2.24, 2.45) is 11.8 Å². The summed E-state index contributed by atoms with van der Waals surface area (Å²) in [7, 11) is 3.00. The van der Waals surface area contributed by atoms with Gasteiger partial charge in [-0.1, -0.05) is 49.8 Å². The van der Waals surface area contributed by atoms with Crippen LogP contribution in [-0.4, -0.2) is 61.6 Å². The van der Waals surface area contributed by atoms with E-state index in [1.165, 1.54) is 27.2 Å². The summed E-state index contributed by atoms with van der Waals surface area (Å²) >= 11 is 0. The van der Waals surface area contributed by atoms with Gasteiger partial charge in [0.05, 0.1) is 36.6 Å². The van der Waals surface area contributed by atoms with Gasteiger partial charge in [0.2, 0.25) is 11.6 Å². The van der Waals surface area contributed by atoms with Gasteiger partial charge in [0.1, 0.15) is 0 Å². The first-order valence-electron chi connectivity index (χ1n) is 14.9. The van der Waals surface area contributed by atoms with E-state index >= 15 is 0 Å². The Balaban J connectivity index is 2.63. The number of ketones is 2. The summed E-state index contributed by atoms with van der Waals surface area (Å²) in [5, 5.41) is 15.9. The number of Topliss-reactive ketones (excluding diaryl/α,β-unsaturated/α-hetero) is 1. The topological polar surface area (TPSA) is 114 Å². The van der Waals surface area contributed by atoms with Crippen molar-refractivity contribution in [3.63, 3.8) is 0 Å². The molecule has 0 saturated heterocycles. The van der Waals surface area contributed by atoms with E-state index in [4.69, 9.17) is 16.3 Å². The van der Waals surface area contributed by atoms with E-state index in [9.17, 15) is 19.5 Å². The van der Waals surface area contributed by atoms with Gasteiger partial charge in [0, 0.05) is 50.3 Å². The molecule has 1 aliphatic carbocycles. The third kappa shape index (κ3) is 8.48. The molecule has 0 spiro atoms. The maximum Gasteiger partial charge on any atom is 0.251 e. The van der Waals surface area contributed by atoms with Crippen LogP contribution in [0.2, 0.25) is 0 Å². The summed E-state index contributed by atoms with van der Waals surface area (Å²) in [5.74, 6) is -2.91. The molecule has 2 aliphatic rings. The van der Waals surface area contributed by atoms with Crippen molar-refractivity contribution in [1.82, 2.24) is 10.6 Å². The summed E-state index contributed by atoms with van der Waals surface area (Å²) in [6, 6.07) is -1.03. The number of hydrogen-bond acceptors (Lipinski definition) is 7. The zero-order chi connectivity index (χ0) is 32.6. The minimum atomic E-state index is -2.81. The Kier molecular flexibility index (Phi) is 9.32. The number of carbonyl (C=O) groups excluding carboxylic acids is 3. The molecule has 1 heterocycles. The third-order valence-electron chi connectivity index (χ3n) is 6.48. The monoisotopic (exact) mass is 530 g/mol. The average molecular weight is 531 g/mol. The van der Waals surface area contributed by atoms with Gasteiger partial charge in [-0.25, -0.2) is 0 Å². The van der Waals surface area contributed by atoms with Crippen LogP contribution >= 0.6 is 0 Å². The quantitative estimate of drug-likeness (QED) is 0.369. The highest BCUT2D eigenvalue weighted by Crippen LogP contribution is 2.28. The van der Waals surface area contributed by atoms with E-state index in [1.54, 1.807) is 19.1 Å². The van der Waals surface area contributed by atoms with Crippen LogP contribution in [-0.2, 0) is 23.9 Å². The van der Waals surface area contributed by atoms with Gasteiger partial charge in [-0.05, 0) is 32.6 Å². The number of ether oxygens (including phenoxy) is 2. The number of nitrogens with one attached hydrogen (secondary N) is 2. The second kappa shape index (κ2) is 14.8. The highest BCUT2D eigenvalue weighted by Gasteiger charge is 2.32. The van der Waals surface area contributed by atoms with Crippen LogP contribution in [0.15, 0.2) is 71.1 Å². The molecule has 8 nitrogen and oxygen atoms in total. The zero-order valence-electron chi connectivity index (χ0n) is 27.8. The average Bonchev–Trinajstić information content (AvgIpc) is 2.93. The largest absolute Gasteiger partial charge is 0.390 e. The van der Waals surface area contributed by atoms with E-state index in [0.29, 0.717) is 0 Å². The number of fused-ring (bicyclic) bond motifs is 2. The van der Waals surface area contributed by atoms with Crippen LogP contribution in [0, 0.1) is 18.3 Å². The Hall–Kier alpha value is -3.07. The molecular weight excluding hydrogens is 484 g/mol. The molecule has 1 radical (unpaired) electrons. The number of amides is 1. The molecule has 5 atom stereocenters. The summed E-state index contributed by atoms with van der Waals surface area (Å²) < 4.78 is 49.9. The first kappa shape index (κ1) is 24.0. The van der Waals surface area contributed by atoms with Crippen molar-refractivity contribution < 1.29 is 35.8 Å². The lowest BCUT2D eigenvalue weighted by Crippen LogP contribution is -2.37. The molecule has 0 fully saturated rings. The minimum absolute atomic E-state index is 0.0709. The number of hydrogen-bond donors (Lipinski definition) is 3. The molecule has 0 unspecified atom stereocenters. The number of carbonyl (C=O) groups is 3. The van der Waals surface area contributed by atoms with E-state index in [1.807, 2.05) is 26.3 Å². The third-order valence-corrected chi connectivity index (χ3v) is 6.48. The van der Waals surface area contributed by atoms with Gasteiger partial charge in [-0.3, -0.25) is 14.4 Å². The van der Waals surface area contributed by atoms with E-state index in [0.717, 1.165) is 11.6 Å². The predicted molar refractivity (Wildman–Crippen MR) is 148 cm³/mol. The Morgan fingerprint density at radius 3 is 2.68 bits per heavy atom. The van der Waals surface area contributed by atoms with Crippen LogP contribution in [0.1, 0.15) is 47.4 Å². The molecular formula is C30H41N2O6. The Labute approximate surface area is 233 Å². The van der Waals surface area contributed by atoms with Gasteiger partial charge in [0.15, 0.2) is 0 Å². The molecule has 0 aromatic rings. The molecule has 1 amide bonds. The lowest BCUT2D eigenvalue weighted by Gasteiger charge is -2.29. The van der Waals surface area contributed by atoms with Crippen LogP contribution in [0.25, 0.3) is 0 Å². The van der Waals surface area contributed by atoms with Crippen LogP contribution in [0.5, 0.6) is 0 Å². The number of allylic oxidation sites excluding steroid dienone is 4. The Morgan fingerprint density at radius 1 is 1.29 bits per heavy atom.